The zero-order valence-corrected chi connectivity index (χ0v) is 14.8. The maximum atomic E-state index is 11.8. The Balaban J connectivity index is 2.80. The van der Waals surface area contributed by atoms with Crippen molar-refractivity contribution in [2.45, 2.75) is 51.6 Å². The van der Waals surface area contributed by atoms with Crippen molar-refractivity contribution < 1.29 is 19.4 Å². The number of benzene rings is 1. The van der Waals surface area contributed by atoms with Crippen LogP contribution in [0.25, 0.3) is 0 Å². The zero-order chi connectivity index (χ0) is 17.0. The molecule has 1 aromatic rings. The molecule has 22 heavy (non-hydrogen) atoms. The zero-order valence-electron chi connectivity index (χ0n) is 13.8. The first-order valence-electron chi connectivity index (χ1n) is 7.29. The minimum absolute atomic E-state index is 0.408. The minimum Gasteiger partial charge on any atom is -0.480 e. The number of carboxylic acid groups (broad SMARTS) is 1. The van der Waals surface area contributed by atoms with Gasteiger partial charge in [-0.25, -0.2) is 4.79 Å². The van der Waals surface area contributed by atoms with Crippen molar-refractivity contribution in [3.8, 4) is 0 Å². The third-order valence-corrected chi connectivity index (χ3v) is 6.58. The number of carbonyl (C=O) groups excluding carboxylic acids is 1. The van der Waals surface area contributed by atoms with Crippen LogP contribution in [-0.4, -0.2) is 36.9 Å². The number of hydrogen-bond acceptors (Lipinski definition) is 3. The number of hydrogen-bond donors (Lipinski definition) is 2. The molecule has 1 atom stereocenters. The molecular formula is C16H25NO4Si. The molecule has 0 radical (unpaired) electrons. The van der Waals surface area contributed by atoms with Gasteiger partial charge in [-0.1, -0.05) is 48.6 Å². The van der Waals surface area contributed by atoms with Crippen molar-refractivity contribution in [2.24, 2.45) is 0 Å². The van der Waals surface area contributed by atoms with Crippen molar-refractivity contribution in [1.82, 2.24) is 5.32 Å². The molecule has 0 heterocycles. The van der Waals surface area contributed by atoms with E-state index in [4.69, 9.17) is 4.74 Å². The van der Waals surface area contributed by atoms with Gasteiger partial charge in [0, 0.05) is 0 Å². The van der Waals surface area contributed by atoms with E-state index in [-0.39, 0.29) is 0 Å². The Morgan fingerprint density at radius 2 is 1.77 bits per heavy atom. The molecule has 0 bridgehead atoms. The molecule has 1 unspecified atom stereocenters. The fraction of sp³-hybridized carbons (Fsp3) is 0.500. The van der Waals surface area contributed by atoms with Crippen molar-refractivity contribution >= 4 is 25.3 Å². The van der Waals surface area contributed by atoms with E-state index in [0.29, 0.717) is 6.04 Å². The molecule has 0 saturated carbocycles. The van der Waals surface area contributed by atoms with Crippen LogP contribution in [0, 0.1) is 0 Å². The van der Waals surface area contributed by atoms with Gasteiger partial charge in [-0.2, -0.15) is 0 Å². The van der Waals surface area contributed by atoms with Crippen LogP contribution in [0.2, 0.25) is 19.1 Å². The Morgan fingerprint density at radius 1 is 1.23 bits per heavy atom. The van der Waals surface area contributed by atoms with E-state index in [1.54, 1.807) is 20.8 Å². The van der Waals surface area contributed by atoms with E-state index < -0.39 is 31.8 Å². The molecule has 0 saturated heterocycles. The van der Waals surface area contributed by atoms with E-state index >= 15 is 0 Å². The molecule has 0 spiro atoms. The Bertz CT molecular complexity index is 523. The monoisotopic (exact) mass is 323 g/mol. The van der Waals surface area contributed by atoms with E-state index in [0.717, 1.165) is 5.19 Å². The first-order valence-corrected chi connectivity index (χ1v) is 10.5. The molecular weight excluding hydrogens is 298 g/mol. The van der Waals surface area contributed by atoms with Gasteiger partial charge in [0.05, 0.1) is 8.07 Å². The van der Waals surface area contributed by atoms with Gasteiger partial charge in [0.25, 0.3) is 0 Å². The Labute approximate surface area is 132 Å². The average molecular weight is 323 g/mol. The summed E-state index contributed by atoms with van der Waals surface area (Å²) >= 11 is 0. The van der Waals surface area contributed by atoms with E-state index in [1.807, 2.05) is 30.3 Å². The van der Waals surface area contributed by atoms with Gasteiger partial charge in [-0.3, -0.25) is 4.79 Å². The van der Waals surface area contributed by atoms with Crippen LogP contribution >= 0.6 is 0 Å². The van der Waals surface area contributed by atoms with Gasteiger partial charge < -0.3 is 15.2 Å². The summed E-state index contributed by atoms with van der Waals surface area (Å²) in [5.41, 5.74) is -0.653. The normalized spacial score (nSPS) is 13.3. The number of carboxylic acids is 1. The Kier molecular flexibility index (Phi) is 5.76. The number of ether oxygens (including phenoxy) is 1. The number of nitrogens with one attached hydrogen (secondary N) is 1. The largest absolute Gasteiger partial charge is 0.480 e. The van der Waals surface area contributed by atoms with Crippen LogP contribution in [0.3, 0.4) is 0 Å². The van der Waals surface area contributed by atoms with Gasteiger partial charge in [0.1, 0.15) is 11.6 Å². The molecule has 1 amide bonds. The first kappa shape index (κ1) is 18.2. The minimum atomic E-state index is -1.98. The molecule has 122 valence electrons. The smallest absolute Gasteiger partial charge is 0.408 e. The van der Waals surface area contributed by atoms with Crippen LogP contribution in [0.1, 0.15) is 20.8 Å². The average Bonchev–Trinajstić information content (AvgIpc) is 2.36. The number of alkyl carbamates (subject to hydrolysis) is 1. The predicted octanol–water partition coefficient (Wildman–Crippen LogP) is 2.58. The third-order valence-electron chi connectivity index (χ3n) is 3.26. The quantitative estimate of drug-likeness (QED) is 0.817. The summed E-state index contributed by atoms with van der Waals surface area (Å²) in [5, 5.41) is 13.0. The second kappa shape index (κ2) is 6.96. The van der Waals surface area contributed by atoms with Gasteiger partial charge in [-0.05, 0) is 26.8 Å². The predicted molar refractivity (Wildman–Crippen MR) is 89.2 cm³/mol. The van der Waals surface area contributed by atoms with E-state index in [2.05, 4.69) is 18.4 Å². The second-order valence-corrected chi connectivity index (χ2v) is 11.7. The van der Waals surface area contributed by atoms with Gasteiger partial charge >= 0.3 is 12.1 Å². The van der Waals surface area contributed by atoms with Crippen LogP contribution in [0.4, 0.5) is 4.79 Å². The Hall–Kier alpha value is -1.82. The number of carbonyl (C=O) groups is 2. The van der Waals surface area contributed by atoms with Crippen molar-refractivity contribution in [3.63, 3.8) is 0 Å². The van der Waals surface area contributed by atoms with E-state index in [1.165, 1.54) is 0 Å². The summed E-state index contributed by atoms with van der Waals surface area (Å²) in [4.78, 5) is 23.3. The van der Waals surface area contributed by atoms with Crippen molar-refractivity contribution in [3.05, 3.63) is 30.3 Å². The highest BCUT2D eigenvalue weighted by Gasteiger charge is 2.33. The van der Waals surface area contributed by atoms with Crippen molar-refractivity contribution in [1.29, 1.82) is 0 Å². The van der Waals surface area contributed by atoms with Gasteiger partial charge in [0.2, 0.25) is 0 Å². The van der Waals surface area contributed by atoms with E-state index in [9.17, 15) is 14.7 Å². The van der Waals surface area contributed by atoms with Crippen LogP contribution in [0.5, 0.6) is 0 Å². The highest BCUT2D eigenvalue weighted by atomic mass is 28.3. The molecule has 6 heteroatoms. The highest BCUT2D eigenvalue weighted by molar-refractivity contribution is 6.90. The first-order chi connectivity index (χ1) is 10.0. The molecule has 0 fully saturated rings. The molecule has 1 rings (SSSR count). The fourth-order valence-corrected chi connectivity index (χ4v) is 4.80. The fourth-order valence-electron chi connectivity index (χ4n) is 2.17. The molecule has 0 aliphatic carbocycles. The Morgan fingerprint density at radius 3 is 2.23 bits per heavy atom. The number of aliphatic carboxylic acids is 1. The molecule has 1 aromatic carbocycles. The van der Waals surface area contributed by atoms with Crippen LogP contribution < -0.4 is 10.5 Å². The van der Waals surface area contributed by atoms with Crippen LogP contribution in [-0.2, 0) is 9.53 Å². The lowest BCUT2D eigenvalue weighted by atomic mass is 10.2. The number of rotatable bonds is 5. The summed E-state index contributed by atoms with van der Waals surface area (Å²) in [6.45, 7) is 9.41. The van der Waals surface area contributed by atoms with Crippen molar-refractivity contribution in [2.75, 3.05) is 0 Å². The molecule has 0 aliphatic heterocycles. The topological polar surface area (TPSA) is 75.6 Å². The standard InChI is InChI=1S/C16H25NO4Si/c1-16(2,3)21-15(20)17-13(14(18)19)11-22(4,5)12-9-7-6-8-10-12/h6-10,13H,11H2,1-5H3,(H,17,20)(H,18,19). The van der Waals surface area contributed by atoms with Crippen LogP contribution in [0.15, 0.2) is 30.3 Å². The maximum Gasteiger partial charge on any atom is 0.408 e. The molecule has 0 aromatic heterocycles. The lowest BCUT2D eigenvalue weighted by molar-refractivity contribution is -0.139. The van der Waals surface area contributed by atoms with Gasteiger partial charge in [0.15, 0.2) is 0 Å². The second-order valence-electron chi connectivity index (χ2n) is 6.99. The maximum absolute atomic E-state index is 11.8. The highest BCUT2D eigenvalue weighted by Crippen LogP contribution is 2.14. The summed E-state index contributed by atoms with van der Waals surface area (Å²) in [5.74, 6) is -1.04. The molecule has 2 N–H and O–H groups in total. The SMILES string of the molecule is CC(C)(C)OC(=O)NC(C[Si](C)(C)c1ccccc1)C(=O)O. The molecule has 0 aliphatic rings. The number of amides is 1. The lowest BCUT2D eigenvalue weighted by Gasteiger charge is -2.28. The third kappa shape index (κ3) is 5.89. The summed E-state index contributed by atoms with van der Waals surface area (Å²) in [6.07, 6.45) is -0.697. The van der Waals surface area contributed by atoms with Gasteiger partial charge in [-0.15, -0.1) is 0 Å². The lowest BCUT2D eigenvalue weighted by Crippen LogP contribution is -2.51. The summed E-state index contributed by atoms with van der Waals surface area (Å²) in [7, 11) is -1.98. The molecule has 5 nitrogen and oxygen atoms in total. The summed E-state index contributed by atoms with van der Waals surface area (Å²) < 4.78 is 5.14. The summed E-state index contributed by atoms with van der Waals surface area (Å²) in [6, 6.07) is 9.31.